The number of rotatable bonds is 7. The van der Waals surface area contributed by atoms with Crippen molar-refractivity contribution in [3.8, 4) is 0 Å². The van der Waals surface area contributed by atoms with E-state index in [0.717, 1.165) is 11.3 Å². The van der Waals surface area contributed by atoms with E-state index in [0.29, 0.717) is 29.8 Å². The molecule has 0 saturated carbocycles. The summed E-state index contributed by atoms with van der Waals surface area (Å²) in [7, 11) is 0. The summed E-state index contributed by atoms with van der Waals surface area (Å²) < 4.78 is 12.1. The highest BCUT2D eigenvalue weighted by atomic mass is 16.5. The summed E-state index contributed by atoms with van der Waals surface area (Å²) in [6.07, 6.45) is 2.99. The molecule has 7 nitrogen and oxygen atoms in total. The number of para-hydroxylation sites is 1. The van der Waals surface area contributed by atoms with Gasteiger partial charge < -0.3 is 14.5 Å². The van der Waals surface area contributed by atoms with Crippen LogP contribution in [0.3, 0.4) is 0 Å². The first kappa shape index (κ1) is 18.6. The Morgan fingerprint density at radius 3 is 2.83 bits per heavy atom. The molecule has 29 heavy (non-hydrogen) atoms. The topological polar surface area (TPSA) is 86.4 Å². The van der Waals surface area contributed by atoms with Crippen LogP contribution >= 0.6 is 0 Å². The summed E-state index contributed by atoms with van der Waals surface area (Å²) in [5.41, 5.74) is 1.91. The molecule has 1 amide bonds. The van der Waals surface area contributed by atoms with Gasteiger partial charge in [-0.1, -0.05) is 24.3 Å². The number of fused-ring (bicyclic) bond motifs is 1. The third kappa shape index (κ3) is 4.59. The van der Waals surface area contributed by atoms with E-state index in [1.165, 1.54) is 10.9 Å². The van der Waals surface area contributed by atoms with Gasteiger partial charge >= 0.3 is 0 Å². The molecule has 0 saturated heterocycles. The number of amides is 1. The number of hydrogen-bond acceptors (Lipinski definition) is 5. The Morgan fingerprint density at radius 2 is 1.97 bits per heavy atom. The molecule has 0 aliphatic rings. The predicted molar refractivity (Wildman–Crippen MR) is 108 cm³/mol. The summed E-state index contributed by atoms with van der Waals surface area (Å²) in [6.45, 7) is 0.649. The molecule has 0 bridgehead atoms. The van der Waals surface area contributed by atoms with Gasteiger partial charge in [0.25, 0.3) is 5.56 Å². The highest BCUT2D eigenvalue weighted by Gasteiger charge is 2.09. The van der Waals surface area contributed by atoms with Crippen molar-refractivity contribution < 1.29 is 13.9 Å². The van der Waals surface area contributed by atoms with Gasteiger partial charge in [-0.3, -0.25) is 14.2 Å². The van der Waals surface area contributed by atoms with Crippen LogP contribution in [-0.2, 0) is 29.3 Å². The lowest BCUT2D eigenvalue weighted by molar-refractivity contribution is -0.116. The molecule has 0 atom stereocenters. The van der Waals surface area contributed by atoms with Crippen LogP contribution in [0, 0.1) is 0 Å². The van der Waals surface area contributed by atoms with E-state index in [4.69, 9.17) is 9.15 Å². The highest BCUT2D eigenvalue weighted by Crippen LogP contribution is 2.13. The van der Waals surface area contributed by atoms with Crippen LogP contribution in [0.1, 0.15) is 11.3 Å². The maximum absolute atomic E-state index is 12.5. The molecule has 146 valence electrons. The van der Waals surface area contributed by atoms with Crippen molar-refractivity contribution in [1.82, 2.24) is 9.55 Å². The second-order valence-electron chi connectivity index (χ2n) is 6.52. The second kappa shape index (κ2) is 8.53. The fourth-order valence-corrected chi connectivity index (χ4v) is 2.98. The number of nitrogens with zero attached hydrogens (tertiary/aromatic N) is 2. The van der Waals surface area contributed by atoms with Crippen molar-refractivity contribution in [3.63, 3.8) is 0 Å². The molecule has 7 heteroatoms. The number of ether oxygens (including phenoxy) is 1. The fourth-order valence-electron chi connectivity index (χ4n) is 2.98. The largest absolute Gasteiger partial charge is 0.467 e. The Labute approximate surface area is 166 Å². The Morgan fingerprint density at radius 1 is 1.07 bits per heavy atom. The summed E-state index contributed by atoms with van der Waals surface area (Å²) in [5, 5.41) is 3.29. The fraction of sp³-hybridized carbons (Fsp3) is 0.136. The Balaban J connectivity index is 1.38. The second-order valence-corrected chi connectivity index (χ2v) is 6.52. The van der Waals surface area contributed by atoms with Crippen molar-refractivity contribution in [3.05, 3.63) is 94.9 Å². The van der Waals surface area contributed by atoms with E-state index in [-0.39, 0.29) is 18.0 Å². The number of carbonyl (C=O) groups is 1. The molecule has 0 aliphatic heterocycles. The molecular formula is C22H19N3O4. The molecule has 4 aromatic rings. The summed E-state index contributed by atoms with van der Waals surface area (Å²) in [4.78, 5) is 29.1. The summed E-state index contributed by atoms with van der Waals surface area (Å²) in [6, 6.07) is 18.1. The number of nitrogens with one attached hydrogen (secondary N) is 1. The van der Waals surface area contributed by atoms with Gasteiger partial charge in [0.05, 0.1) is 30.1 Å². The Bertz CT molecular complexity index is 1180. The lowest BCUT2D eigenvalue weighted by Crippen LogP contribution is -2.27. The molecule has 2 aromatic heterocycles. The third-order valence-electron chi connectivity index (χ3n) is 4.35. The molecule has 0 radical (unpaired) electrons. The van der Waals surface area contributed by atoms with Crippen LogP contribution in [0.15, 0.2) is 82.5 Å². The van der Waals surface area contributed by atoms with Gasteiger partial charge in [0.1, 0.15) is 18.9 Å². The minimum Gasteiger partial charge on any atom is -0.467 e. The lowest BCUT2D eigenvalue weighted by atomic mass is 10.2. The molecule has 0 unspecified atom stereocenters. The maximum atomic E-state index is 12.5. The zero-order valence-corrected chi connectivity index (χ0v) is 15.6. The monoisotopic (exact) mass is 389 g/mol. The van der Waals surface area contributed by atoms with Crippen LogP contribution in [0.4, 0.5) is 5.69 Å². The number of hydrogen-bond donors (Lipinski definition) is 1. The van der Waals surface area contributed by atoms with Crippen LogP contribution < -0.4 is 10.9 Å². The minimum absolute atomic E-state index is 0.115. The van der Waals surface area contributed by atoms with Crippen LogP contribution in [0.25, 0.3) is 10.9 Å². The molecule has 2 heterocycles. The normalized spacial score (nSPS) is 10.9. The van der Waals surface area contributed by atoms with Crippen molar-refractivity contribution in [2.75, 3.05) is 5.32 Å². The average molecular weight is 389 g/mol. The molecule has 2 aromatic carbocycles. The van der Waals surface area contributed by atoms with Crippen LogP contribution in [-0.4, -0.2) is 15.5 Å². The summed E-state index contributed by atoms with van der Waals surface area (Å²) in [5.74, 6) is 0.446. The first-order valence-electron chi connectivity index (χ1n) is 9.12. The van der Waals surface area contributed by atoms with Gasteiger partial charge in [0.15, 0.2) is 0 Å². The van der Waals surface area contributed by atoms with Crippen molar-refractivity contribution >= 4 is 22.5 Å². The first-order valence-corrected chi connectivity index (χ1v) is 9.12. The van der Waals surface area contributed by atoms with Crippen LogP contribution in [0.2, 0.25) is 0 Å². The number of furan rings is 1. The molecule has 0 fully saturated rings. The van der Waals surface area contributed by atoms with Gasteiger partial charge in [-0.05, 0) is 42.0 Å². The van der Waals surface area contributed by atoms with Gasteiger partial charge in [-0.2, -0.15) is 0 Å². The van der Waals surface area contributed by atoms with Crippen molar-refractivity contribution in [1.29, 1.82) is 0 Å². The van der Waals surface area contributed by atoms with Crippen LogP contribution in [0.5, 0.6) is 0 Å². The maximum Gasteiger partial charge on any atom is 0.261 e. The smallest absolute Gasteiger partial charge is 0.261 e. The Kier molecular flexibility index (Phi) is 5.49. The minimum atomic E-state index is -0.308. The standard InChI is InChI=1S/C22H19N3O4/c26-21(12-25-15-23-20-9-2-1-8-19(20)22(25)27)24-17-6-3-5-16(11-17)13-28-14-18-7-4-10-29-18/h1-11,15H,12-14H2,(H,24,26). The van der Waals surface area contributed by atoms with E-state index in [9.17, 15) is 9.59 Å². The van der Waals surface area contributed by atoms with Crippen molar-refractivity contribution in [2.45, 2.75) is 19.8 Å². The van der Waals surface area contributed by atoms with Gasteiger partial charge in [-0.25, -0.2) is 4.98 Å². The number of benzene rings is 2. The Hall–Kier alpha value is -3.71. The molecular weight excluding hydrogens is 370 g/mol. The summed E-state index contributed by atoms with van der Waals surface area (Å²) >= 11 is 0. The van der Waals surface area contributed by atoms with E-state index in [1.807, 2.05) is 36.4 Å². The molecule has 0 aliphatic carbocycles. The molecule has 0 spiro atoms. The zero-order chi connectivity index (χ0) is 20.1. The zero-order valence-electron chi connectivity index (χ0n) is 15.6. The average Bonchev–Trinajstić information content (AvgIpc) is 3.24. The first-order chi connectivity index (χ1) is 14.2. The molecule has 4 rings (SSSR count). The van der Waals surface area contributed by atoms with E-state index in [1.54, 1.807) is 30.5 Å². The van der Waals surface area contributed by atoms with Gasteiger partial charge in [0.2, 0.25) is 5.91 Å². The number of anilines is 1. The van der Waals surface area contributed by atoms with E-state index < -0.39 is 0 Å². The van der Waals surface area contributed by atoms with E-state index in [2.05, 4.69) is 10.3 Å². The molecule has 1 N–H and O–H groups in total. The van der Waals surface area contributed by atoms with Gasteiger partial charge in [-0.15, -0.1) is 0 Å². The SMILES string of the molecule is O=C(Cn1cnc2ccccc2c1=O)Nc1cccc(COCc2ccco2)c1. The predicted octanol–water partition coefficient (Wildman–Crippen LogP) is 3.35. The van der Waals surface area contributed by atoms with Gasteiger partial charge in [0, 0.05) is 5.69 Å². The van der Waals surface area contributed by atoms with E-state index >= 15 is 0 Å². The number of carbonyl (C=O) groups excluding carboxylic acids is 1. The number of aromatic nitrogens is 2. The highest BCUT2D eigenvalue weighted by molar-refractivity contribution is 5.90. The lowest BCUT2D eigenvalue weighted by Gasteiger charge is -2.09. The van der Waals surface area contributed by atoms with Crippen molar-refractivity contribution in [2.24, 2.45) is 0 Å². The third-order valence-corrected chi connectivity index (χ3v) is 4.35. The quantitative estimate of drug-likeness (QED) is 0.524.